The largest absolute Gasteiger partial charge is 0.375 e. The fraction of sp³-hybridized carbons (Fsp3) is 0.706. The second-order valence-electron chi connectivity index (χ2n) is 6.41. The second-order valence-corrected chi connectivity index (χ2v) is 6.41. The lowest BCUT2D eigenvalue weighted by molar-refractivity contribution is 0.0296. The SMILES string of the molecule is CCC1COC(C)CN1c1ccc(CNCC(C)C)cn1. The molecule has 0 aromatic carbocycles. The number of nitrogens with zero attached hydrogens (tertiary/aromatic N) is 2. The molecule has 0 saturated carbocycles. The Balaban J connectivity index is 1.96. The predicted molar refractivity (Wildman–Crippen MR) is 87.6 cm³/mol. The van der Waals surface area contributed by atoms with Gasteiger partial charge in [-0.3, -0.25) is 0 Å². The molecule has 0 radical (unpaired) electrons. The Morgan fingerprint density at radius 1 is 1.43 bits per heavy atom. The first-order chi connectivity index (χ1) is 10.1. The highest BCUT2D eigenvalue weighted by atomic mass is 16.5. The lowest BCUT2D eigenvalue weighted by Crippen LogP contribution is -2.49. The Hall–Kier alpha value is -1.13. The van der Waals surface area contributed by atoms with E-state index in [1.165, 1.54) is 5.56 Å². The Morgan fingerprint density at radius 3 is 2.86 bits per heavy atom. The van der Waals surface area contributed by atoms with Gasteiger partial charge in [0.15, 0.2) is 0 Å². The van der Waals surface area contributed by atoms with Crippen LogP contribution in [0.15, 0.2) is 18.3 Å². The number of nitrogens with one attached hydrogen (secondary N) is 1. The molecule has 1 N–H and O–H groups in total. The average Bonchev–Trinajstić information content (AvgIpc) is 2.47. The Morgan fingerprint density at radius 2 is 2.24 bits per heavy atom. The molecule has 0 bridgehead atoms. The van der Waals surface area contributed by atoms with Crippen LogP contribution in [0.2, 0.25) is 0 Å². The van der Waals surface area contributed by atoms with Crippen LogP contribution < -0.4 is 10.2 Å². The van der Waals surface area contributed by atoms with Gasteiger partial charge < -0.3 is 15.0 Å². The number of anilines is 1. The quantitative estimate of drug-likeness (QED) is 0.874. The maximum absolute atomic E-state index is 5.75. The van der Waals surface area contributed by atoms with Crippen molar-refractivity contribution in [1.82, 2.24) is 10.3 Å². The van der Waals surface area contributed by atoms with Gasteiger partial charge in [0.05, 0.1) is 18.8 Å². The molecule has 118 valence electrons. The zero-order valence-corrected chi connectivity index (χ0v) is 13.8. The van der Waals surface area contributed by atoms with Crippen LogP contribution in [-0.4, -0.2) is 36.8 Å². The number of hydrogen-bond donors (Lipinski definition) is 1. The van der Waals surface area contributed by atoms with Crippen LogP contribution in [0.1, 0.15) is 39.7 Å². The fourth-order valence-electron chi connectivity index (χ4n) is 2.66. The fourth-order valence-corrected chi connectivity index (χ4v) is 2.66. The lowest BCUT2D eigenvalue weighted by atomic mass is 10.1. The number of ether oxygens (including phenoxy) is 1. The molecular formula is C17H29N3O. The molecule has 21 heavy (non-hydrogen) atoms. The molecule has 1 saturated heterocycles. The number of aromatic nitrogens is 1. The van der Waals surface area contributed by atoms with Gasteiger partial charge in [-0.2, -0.15) is 0 Å². The number of morpholine rings is 1. The topological polar surface area (TPSA) is 37.4 Å². The molecule has 0 aliphatic carbocycles. The minimum absolute atomic E-state index is 0.280. The summed E-state index contributed by atoms with van der Waals surface area (Å²) in [6.07, 6.45) is 3.36. The Kier molecular flexibility index (Phi) is 6.00. The van der Waals surface area contributed by atoms with E-state index in [4.69, 9.17) is 4.74 Å². The van der Waals surface area contributed by atoms with Gasteiger partial charge >= 0.3 is 0 Å². The van der Waals surface area contributed by atoms with Crippen LogP contribution in [0.3, 0.4) is 0 Å². The van der Waals surface area contributed by atoms with Gasteiger partial charge in [0.1, 0.15) is 5.82 Å². The molecule has 0 amide bonds. The van der Waals surface area contributed by atoms with Crippen LogP contribution in [-0.2, 0) is 11.3 Å². The molecule has 4 heteroatoms. The molecule has 2 atom stereocenters. The van der Waals surface area contributed by atoms with Gasteiger partial charge in [-0.05, 0) is 37.4 Å². The van der Waals surface area contributed by atoms with Crippen LogP contribution in [0, 0.1) is 5.92 Å². The summed E-state index contributed by atoms with van der Waals surface area (Å²) in [5.74, 6) is 1.75. The van der Waals surface area contributed by atoms with Crippen molar-refractivity contribution in [3.63, 3.8) is 0 Å². The zero-order chi connectivity index (χ0) is 15.2. The second kappa shape index (κ2) is 7.76. The molecule has 1 aromatic rings. The van der Waals surface area contributed by atoms with Crippen molar-refractivity contribution in [2.24, 2.45) is 5.92 Å². The van der Waals surface area contributed by atoms with E-state index in [0.29, 0.717) is 12.0 Å². The summed E-state index contributed by atoms with van der Waals surface area (Å²) in [6, 6.07) is 4.77. The van der Waals surface area contributed by atoms with Gasteiger partial charge in [-0.1, -0.05) is 26.8 Å². The Bertz CT molecular complexity index is 419. The van der Waals surface area contributed by atoms with Crippen LogP contribution in [0.5, 0.6) is 0 Å². The van der Waals surface area contributed by atoms with Crippen molar-refractivity contribution in [3.05, 3.63) is 23.9 Å². The van der Waals surface area contributed by atoms with Gasteiger partial charge in [-0.15, -0.1) is 0 Å². The van der Waals surface area contributed by atoms with E-state index < -0.39 is 0 Å². The smallest absolute Gasteiger partial charge is 0.128 e. The molecule has 1 fully saturated rings. The first-order valence-corrected chi connectivity index (χ1v) is 8.14. The van der Waals surface area contributed by atoms with Crippen LogP contribution in [0.25, 0.3) is 0 Å². The van der Waals surface area contributed by atoms with Gasteiger partial charge in [0.2, 0.25) is 0 Å². The van der Waals surface area contributed by atoms with Crippen molar-refractivity contribution in [2.45, 2.75) is 52.8 Å². The Labute approximate surface area is 128 Å². The average molecular weight is 291 g/mol. The summed E-state index contributed by atoms with van der Waals surface area (Å²) in [6.45, 7) is 12.4. The molecular weight excluding hydrogens is 262 g/mol. The minimum Gasteiger partial charge on any atom is -0.375 e. The third-order valence-electron chi connectivity index (χ3n) is 3.92. The van der Waals surface area contributed by atoms with Crippen LogP contribution in [0.4, 0.5) is 5.82 Å². The molecule has 4 nitrogen and oxygen atoms in total. The monoisotopic (exact) mass is 291 g/mol. The third kappa shape index (κ3) is 4.68. The number of hydrogen-bond acceptors (Lipinski definition) is 4. The van der Waals surface area contributed by atoms with E-state index in [1.54, 1.807) is 0 Å². The standard InChI is InChI=1S/C17H29N3O/c1-5-16-12-21-14(4)11-20(16)17-7-6-15(10-19-17)9-18-8-13(2)3/h6-7,10,13-14,16,18H,5,8-9,11-12H2,1-4H3. The molecule has 1 aliphatic rings. The molecule has 2 rings (SSSR count). The van der Waals surface area contributed by atoms with E-state index in [9.17, 15) is 0 Å². The van der Waals surface area contributed by atoms with Crippen molar-refractivity contribution < 1.29 is 4.74 Å². The highest BCUT2D eigenvalue weighted by Gasteiger charge is 2.26. The zero-order valence-electron chi connectivity index (χ0n) is 13.8. The summed E-state index contributed by atoms with van der Waals surface area (Å²) in [5, 5.41) is 3.45. The normalized spacial score (nSPS) is 22.8. The molecule has 2 unspecified atom stereocenters. The van der Waals surface area contributed by atoms with Gasteiger partial charge in [-0.25, -0.2) is 4.98 Å². The summed E-state index contributed by atoms with van der Waals surface area (Å²) in [5.41, 5.74) is 1.24. The summed E-state index contributed by atoms with van der Waals surface area (Å²) >= 11 is 0. The van der Waals surface area contributed by atoms with E-state index in [2.05, 4.69) is 55.0 Å². The van der Waals surface area contributed by atoms with Gasteiger partial charge in [0.25, 0.3) is 0 Å². The summed E-state index contributed by atoms with van der Waals surface area (Å²) < 4.78 is 5.75. The predicted octanol–water partition coefficient (Wildman–Crippen LogP) is 2.83. The van der Waals surface area contributed by atoms with Crippen molar-refractivity contribution in [2.75, 3.05) is 24.6 Å². The summed E-state index contributed by atoms with van der Waals surface area (Å²) in [4.78, 5) is 7.05. The van der Waals surface area contributed by atoms with Crippen molar-refractivity contribution in [3.8, 4) is 0 Å². The third-order valence-corrected chi connectivity index (χ3v) is 3.92. The van der Waals surface area contributed by atoms with Crippen LogP contribution >= 0.6 is 0 Å². The van der Waals surface area contributed by atoms with E-state index in [1.807, 2.05) is 6.20 Å². The first kappa shape index (κ1) is 16.2. The van der Waals surface area contributed by atoms with E-state index >= 15 is 0 Å². The van der Waals surface area contributed by atoms with Crippen molar-refractivity contribution in [1.29, 1.82) is 0 Å². The number of rotatable bonds is 6. The van der Waals surface area contributed by atoms with E-state index in [-0.39, 0.29) is 6.10 Å². The minimum atomic E-state index is 0.280. The molecule has 0 spiro atoms. The highest BCUT2D eigenvalue weighted by Crippen LogP contribution is 2.21. The summed E-state index contributed by atoms with van der Waals surface area (Å²) in [7, 11) is 0. The molecule has 1 aromatic heterocycles. The lowest BCUT2D eigenvalue weighted by Gasteiger charge is -2.39. The molecule has 2 heterocycles. The molecule has 1 aliphatic heterocycles. The number of pyridine rings is 1. The van der Waals surface area contributed by atoms with E-state index in [0.717, 1.165) is 38.5 Å². The van der Waals surface area contributed by atoms with Gasteiger partial charge in [0, 0.05) is 19.3 Å². The van der Waals surface area contributed by atoms with Crippen molar-refractivity contribution >= 4 is 5.82 Å². The highest BCUT2D eigenvalue weighted by molar-refractivity contribution is 5.41. The maximum Gasteiger partial charge on any atom is 0.128 e. The first-order valence-electron chi connectivity index (χ1n) is 8.14. The maximum atomic E-state index is 5.75.